The second kappa shape index (κ2) is 3.37. The minimum atomic E-state index is -0.856. The Bertz CT molecular complexity index is 204. The first-order valence-electron chi connectivity index (χ1n) is 3.79. The quantitative estimate of drug-likeness (QED) is 0.485. The van der Waals surface area contributed by atoms with Gasteiger partial charge in [-0.1, -0.05) is 18.7 Å². The van der Waals surface area contributed by atoms with Crippen molar-refractivity contribution in [3.05, 3.63) is 24.3 Å². The van der Waals surface area contributed by atoms with Crippen LogP contribution in [0.3, 0.4) is 0 Å². The first-order chi connectivity index (χ1) is 5.22. The molecule has 0 aliphatic heterocycles. The molecule has 2 nitrogen and oxygen atoms in total. The number of hydrogen-bond acceptors (Lipinski definition) is 1. The third kappa shape index (κ3) is 1.93. The lowest BCUT2D eigenvalue weighted by atomic mass is 9.88. The minimum Gasteiger partial charge on any atom is -0.478 e. The average Bonchev–Trinajstić information content (AvgIpc) is 2.05. The molecular formula is C9H12O2. The maximum absolute atomic E-state index is 10.5. The molecule has 1 unspecified atom stereocenters. The molecule has 0 aromatic heterocycles. The van der Waals surface area contributed by atoms with Crippen LogP contribution in [0.1, 0.15) is 19.3 Å². The fourth-order valence-electron chi connectivity index (χ4n) is 1.28. The molecule has 0 saturated carbocycles. The van der Waals surface area contributed by atoms with Gasteiger partial charge in [-0.05, 0) is 25.2 Å². The van der Waals surface area contributed by atoms with E-state index in [1.54, 1.807) is 0 Å². The molecule has 0 aromatic carbocycles. The Morgan fingerprint density at radius 1 is 1.55 bits per heavy atom. The molecule has 1 aliphatic rings. The van der Waals surface area contributed by atoms with Gasteiger partial charge in [0.05, 0.1) is 0 Å². The van der Waals surface area contributed by atoms with Crippen molar-refractivity contribution in [3.63, 3.8) is 0 Å². The summed E-state index contributed by atoms with van der Waals surface area (Å²) in [4.78, 5) is 10.5. The summed E-state index contributed by atoms with van der Waals surface area (Å²) in [5, 5.41) is 8.61. The van der Waals surface area contributed by atoms with E-state index in [0.29, 0.717) is 5.57 Å². The van der Waals surface area contributed by atoms with E-state index in [4.69, 9.17) is 5.11 Å². The summed E-state index contributed by atoms with van der Waals surface area (Å²) in [5.41, 5.74) is 0.356. The summed E-state index contributed by atoms with van der Waals surface area (Å²) < 4.78 is 0. The minimum absolute atomic E-state index is 0.164. The Kier molecular flexibility index (Phi) is 2.47. The van der Waals surface area contributed by atoms with Crippen molar-refractivity contribution in [3.8, 4) is 0 Å². The van der Waals surface area contributed by atoms with E-state index in [1.807, 2.05) is 6.08 Å². The molecule has 2 heteroatoms. The Labute approximate surface area is 66.2 Å². The highest BCUT2D eigenvalue weighted by Gasteiger charge is 2.17. The van der Waals surface area contributed by atoms with Gasteiger partial charge in [0.2, 0.25) is 0 Å². The van der Waals surface area contributed by atoms with Crippen LogP contribution in [0.5, 0.6) is 0 Å². The zero-order chi connectivity index (χ0) is 8.27. The number of carbonyl (C=O) groups is 1. The Morgan fingerprint density at radius 2 is 2.27 bits per heavy atom. The third-order valence-corrected chi connectivity index (χ3v) is 2.04. The lowest BCUT2D eigenvalue weighted by Crippen LogP contribution is -2.12. The lowest BCUT2D eigenvalue weighted by Gasteiger charge is -2.16. The van der Waals surface area contributed by atoms with Crippen molar-refractivity contribution in [1.82, 2.24) is 0 Å². The highest BCUT2D eigenvalue weighted by Crippen LogP contribution is 2.24. The van der Waals surface area contributed by atoms with Crippen LogP contribution in [0.25, 0.3) is 0 Å². The van der Waals surface area contributed by atoms with Crippen LogP contribution in [-0.2, 0) is 4.79 Å². The van der Waals surface area contributed by atoms with E-state index in [-0.39, 0.29) is 5.92 Å². The van der Waals surface area contributed by atoms with Crippen molar-refractivity contribution in [2.24, 2.45) is 5.92 Å². The molecule has 0 radical (unpaired) electrons. The number of carboxylic acids is 1. The van der Waals surface area contributed by atoms with Crippen LogP contribution >= 0.6 is 0 Å². The highest BCUT2D eigenvalue weighted by molar-refractivity contribution is 5.86. The SMILES string of the molecule is C=C(C(=O)O)C1CC=CCC1. The number of allylic oxidation sites excluding steroid dienone is 2. The zero-order valence-corrected chi connectivity index (χ0v) is 6.42. The van der Waals surface area contributed by atoms with Gasteiger partial charge in [0.1, 0.15) is 0 Å². The fraction of sp³-hybridized carbons (Fsp3) is 0.444. The third-order valence-electron chi connectivity index (χ3n) is 2.04. The molecular weight excluding hydrogens is 140 g/mol. The summed E-state index contributed by atoms with van der Waals surface area (Å²) in [6.07, 6.45) is 6.87. The van der Waals surface area contributed by atoms with Gasteiger partial charge in [-0.25, -0.2) is 4.79 Å². The van der Waals surface area contributed by atoms with Gasteiger partial charge in [0.25, 0.3) is 0 Å². The van der Waals surface area contributed by atoms with Gasteiger partial charge in [0, 0.05) is 5.57 Å². The summed E-state index contributed by atoms with van der Waals surface area (Å²) >= 11 is 0. The summed E-state index contributed by atoms with van der Waals surface area (Å²) in [6, 6.07) is 0. The molecule has 1 atom stereocenters. The van der Waals surface area contributed by atoms with Gasteiger partial charge < -0.3 is 5.11 Å². The number of hydrogen-bond donors (Lipinski definition) is 1. The van der Waals surface area contributed by atoms with Gasteiger partial charge in [-0.2, -0.15) is 0 Å². The first kappa shape index (κ1) is 8.05. The maximum Gasteiger partial charge on any atom is 0.331 e. The molecule has 1 N–H and O–H groups in total. The van der Waals surface area contributed by atoms with Crippen LogP contribution < -0.4 is 0 Å². The van der Waals surface area contributed by atoms with Crippen molar-refractivity contribution in [1.29, 1.82) is 0 Å². The smallest absolute Gasteiger partial charge is 0.331 e. The molecule has 0 spiro atoms. The van der Waals surface area contributed by atoms with E-state index in [2.05, 4.69) is 12.7 Å². The van der Waals surface area contributed by atoms with Gasteiger partial charge in [-0.3, -0.25) is 0 Å². The van der Waals surface area contributed by atoms with E-state index in [1.165, 1.54) is 0 Å². The number of rotatable bonds is 2. The molecule has 0 heterocycles. The molecule has 0 aromatic rings. The van der Waals surface area contributed by atoms with Crippen molar-refractivity contribution < 1.29 is 9.90 Å². The summed E-state index contributed by atoms with van der Waals surface area (Å²) in [7, 11) is 0. The van der Waals surface area contributed by atoms with Crippen LogP contribution in [0.15, 0.2) is 24.3 Å². The number of aliphatic carboxylic acids is 1. The summed E-state index contributed by atoms with van der Waals surface area (Å²) in [5.74, 6) is -0.692. The van der Waals surface area contributed by atoms with Crippen molar-refractivity contribution in [2.45, 2.75) is 19.3 Å². The van der Waals surface area contributed by atoms with Gasteiger partial charge in [-0.15, -0.1) is 0 Å². The maximum atomic E-state index is 10.5. The Morgan fingerprint density at radius 3 is 2.73 bits per heavy atom. The lowest BCUT2D eigenvalue weighted by molar-refractivity contribution is -0.133. The standard InChI is InChI=1S/C9H12O2/c1-7(9(10)11)8-5-3-2-4-6-8/h2-3,8H,1,4-6H2,(H,10,11). The highest BCUT2D eigenvalue weighted by atomic mass is 16.4. The molecule has 0 amide bonds. The molecule has 0 bridgehead atoms. The van der Waals surface area contributed by atoms with Crippen molar-refractivity contribution in [2.75, 3.05) is 0 Å². The van der Waals surface area contributed by atoms with E-state index in [9.17, 15) is 4.79 Å². The van der Waals surface area contributed by atoms with Crippen molar-refractivity contribution >= 4 is 5.97 Å². The van der Waals surface area contributed by atoms with Crippen LogP contribution in [-0.4, -0.2) is 11.1 Å². The number of carboxylic acid groups (broad SMARTS) is 1. The molecule has 1 rings (SSSR count). The summed E-state index contributed by atoms with van der Waals surface area (Å²) in [6.45, 7) is 3.54. The van der Waals surface area contributed by atoms with E-state index < -0.39 is 5.97 Å². The molecule has 60 valence electrons. The molecule has 0 saturated heterocycles. The second-order valence-electron chi connectivity index (χ2n) is 2.81. The van der Waals surface area contributed by atoms with Crippen LogP contribution in [0, 0.1) is 5.92 Å². The molecule has 0 fully saturated rings. The predicted octanol–water partition coefficient (Wildman–Crippen LogP) is 1.98. The Hall–Kier alpha value is -1.05. The van der Waals surface area contributed by atoms with Crippen LogP contribution in [0.4, 0.5) is 0 Å². The predicted molar refractivity (Wildman–Crippen MR) is 43.3 cm³/mol. The largest absolute Gasteiger partial charge is 0.478 e. The monoisotopic (exact) mass is 152 g/mol. The average molecular weight is 152 g/mol. The van der Waals surface area contributed by atoms with Gasteiger partial charge >= 0.3 is 5.97 Å². The second-order valence-corrected chi connectivity index (χ2v) is 2.81. The zero-order valence-electron chi connectivity index (χ0n) is 6.42. The van der Waals surface area contributed by atoms with E-state index >= 15 is 0 Å². The fourth-order valence-corrected chi connectivity index (χ4v) is 1.28. The first-order valence-corrected chi connectivity index (χ1v) is 3.79. The van der Waals surface area contributed by atoms with Crippen LogP contribution in [0.2, 0.25) is 0 Å². The Balaban J connectivity index is 2.54. The van der Waals surface area contributed by atoms with E-state index in [0.717, 1.165) is 19.3 Å². The molecule has 1 aliphatic carbocycles. The molecule has 11 heavy (non-hydrogen) atoms. The topological polar surface area (TPSA) is 37.3 Å². The normalized spacial score (nSPS) is 23.1. The van der Waals surface area contributed by atoms with Gasteiger partial charge in [0.15, 0.2) is 0 Å².